The first-order valence-corrected chi connectivity index (χ1v) is 25.0. The van der Waals surface area contributed by atoms with Gasteiger partial charge < -0.3 is 0 Å². The van der Waals surface area contributed by atoms with Crippen molar-refractivity contribution in [2.45, 2.75) is 163 Å². The van der Waals surface area contributed by atoms with Crippen LogP contribution in [0.1, 0.15) is 163 Å². The molecule has 6 aliphatic rings. The van der Waals surface area contributed by atoms with Crippen molar-refractivity contribution in [1.82, 2.24) is 29.4 Å². The number of carbonyl (C=O) groups excluding carboxylic acids is 12. The molecule has 0 aliphatic carbocycles. The highest BCUT2D eigenvalue weighted by atomic mass is 16.2. The van der Waals surface area contributed by atoms with E-state index in [1.807, 2.05) is 48.5 Å². The van der Waals surface area contributed by atoms with Crippen LogP contribution in [0.3, 0.4) is 0 Å². The zero-order valence-corrected chi connectivity index (χ0v) is 46.2. The van der Waals surface area contributed by atoms with Crippen LogP contribution in [0.5, 0.6) is 0 Å². The Morgan fingerprint density at radius 3 is 0.819 bits per heavy atom. The van der Waals surface area contributed by atoms with Gasteiger partial charge in [0.05, 0.1) is 0 Å². The molecule has 6 rings (SSSR count). The molecule has 0 aromatic rings. The first kappa shape index (κ1) is 65.3. The van der Waals surface area contributed by atoms with E-state index >= 15 is 0 Å². The summed E-state index contributed by atoms with van der Waals surface area (Å²) < 4.78 is 0. The lowest BCUT2D eigenvalue weighted by Gasteiger charge is -2.13. The van der Waals surface area contributed by atoms with Crippen molar-refractivity contribution in [3.8, 4) is 0 Å². The summed E-state index contributed by atoms with van der Waals surface area (Å²) >= 11 is 0. The maximum atomic E-state index is 11.6. The molecule has 0 N–H and O–H groups in total. The summed E-state index contributed by atoms with van der Waals surface area (Å²) in [6, 6.07) is 0. The average molecular weight is 1010 g/mol. The SMILES string of the molecule is CC.CCCCN1C(=O)C(C)=C(C)C1=O.CCCN1C(=O)C(C)=C(C)C1=O.CCCN1C(=O)C(C)=C(CC)C1=O.CCCN1C(=O)C=C(C)C1=O.CCN1C(=O)C(C)=C(C)C1=O.CCN1C(=O)C=C(C)C1=O. The van der Waals surface area contributed by atoms with E-state index in [2.05, 4.69) is 0 Å². The van der Waals surface area contributed by atoms with Crippen LogP contribution in [0, 0.1) is 0 Å². The molecule has 0 saturated heterocycles. The van der Waals surface area contributed by atoms with Crippen LogP contribution in [0.25, 0.3) is 0 Å². The molecular weight excluding hydrogens is 925 g/mol. The van der Waals surface area contributed by atoms with E-state index in [0.29, 0.717) is 101 Å². The maximum absolute atomic E-state index is 11.6. The number of nitrogens with zero attached hydrogens (tertiary/aromatic N) is 6. The van der Waals surface area contributed by atoms with Crippen molar-refractivity contribution >= 4 is 70.9 Å². The van der Waals surface area contributed by atoms with E-state index in [1.165, 1.54) is 41.6 Å². The van der Waals surface area contributed by atoms with Gasteiger partial charge in [0.25, 0.3) is 70.9 Å². The smallest absolute Gasteiger partial charge is 0.257 e. The molecule has 12 amide bonds. The van der Waals surface area contributed by atoms with Crippen molar-refractivity contribution in [2.75, 3.05) is 39.3 Å². The van der Waals surface area contributed by atoms with Crippen molar-refractivity contribution in [3.63, 3.8) is 0 Å². The number of hydrogen-bond donors (Lipinski definition) is 0. The number of hydrogen-bond acceptors (Lipinski definition) is 12. The average Bonchev–Trinajstić information content (AvgIpc) is 4.02. The molecule has 0 radical (unpaired) electrons. The van der Waals surface area contributed by atoms with Gasteiger partial charge in [0.2, 0.25) is 0 Å². The number of unbranched alkanes of at least 4 members (excludes halogenated alkanes) is 1. The fraction of sp³-hybridized carbons (Fsp3) is 0.556. The zero-order chi connectivity index (χ0) is 56.1. The van der Waals surface area contributed by atoms with Crippen molar-refractivity contribution < 1.29 is 57.5 Å². The lowest BCUT2D eigenvalue weighted by atomic mass is 10.1. The van der Waals surface area contributed by atoms with E-state index in [9.17, 15) is 57.5 Å². The van der Waals surface area contributed by atoms with E-state index < -0.39 is 0 Å². The standard InChI is InChI=1S/2C10H15NO2.C9H13NO2.2C8H11NO2.C7H9NO2.C2H6/c1-4-5-6-11-9(12)7(2)8(3)10(11)13;1-4-6-11-9(12)7(3)8(5-2)10(11)13;1-4-5-10-8(11)6(2)7(3)9(10)12;1-4-9-7(10)5(2)6(3)8(9)11;1-3-4-9-7(10)5-6(2)8(9)11;1-3-8-6(9)4-5(2)7(8)10;1-2/h2*4-6H2,1-3H3;4-5H2,1-3H3;4H2,1-3H3;5H,3-4H2,1-2H3;4H,3H2,1-2H3;1-2H3. The second-order valence-electron chi connectivity index (χ2n) is 17.0. The fourth-order valence-electron chi connectivity index (χ4n) is 7.29. The first-order valence-electron chi connectivity index (χ1n) is 25.0. The topological polar surface area (TPSA) is 224 Å². The molecule has 0 fully saturated rings. The Morgan fingerprint density at radius 2 is 0.583 bits per heavy atom. The summed E-state index contributed by atoms with van der Waals surface area (Å²) in [6.45, 7) is 35.7. The minimum atomic E-state index is -0.190. The third kappa shape index (κ3) is 15.9. The van der Waals surface area contributed by atoms with Crippen LogP contribution >= 0.6 is 0 Å². The summed E-state index contributed by atoms with van der Waals surface area (Å²) in [7, 11) is 0. The summed E-state index contributed by atoms with van der Waals surface area (Å²) in [5, 5.41) is 0. The van der Waals surface area contributed by atoms with Gasteiger partial charge in [-0.05, 0) is 108 Å². The zero-order valence-electron chi connectivity index (χ0n) is 46.2. The normalized spacial score (nSPS) is 17.5. The van der Waals surface area contributed by atoms with Crippen LogP contribution < -0.4 is 0 Å². The molecule has 0 spiro atoms. The molecule has 0 aromatic carbocycles. The van der Waals surface area contributed by atoms with Gasteiger partial charge in [-0.15, -0.1) is 0 Å². The fourth-order valence-corrected chi connectivity index (χ4v) is 7.29. The molecule has 72 heavy (non-hydrogen) atoms. The molecular formula is C54H80N6O12. The van der Waals surface area contributed by atoms with Crippen LogP contribution in [0.4, 0.5) is 0 Å². The van der Waals surface area contributed by atoms with Gasteiger partial charge in [-0.2, -0.15) is 0 Å². The summed E-state index contributed by atoms with van der Waals surface area (Å²) in [4.78, 5) is 143. The molecule has 6 heterocycles. The van der Waals surface area contributed by atoms with Crippen LogP contribution in [-0.2, 0) is 57.5 Å². The Bertz CT molecular complexity index is 2290. The predicted molar refractivity (Wildman–Crippen MR) is 274 cm³/mol. The molecule has 18 nitrogen and oxygen atoms in total. The van der Waals surface area contributed by atoms with Gasteiger partial charge in [0.1, 0.15) is 0 Å². The number of imide groups is 6. The highest BCUT2D eigenvalue weighted by Gasteiger charge is 2.35. The third-order valence-electron chi connectivity index (χ3n) is 12.0. The Labute approximate surface area is 426 Å². The number of rotatable bonds is 12. The van der Waals surface area contributed by atoms with Gasteiger partial charge in [-0.3, -0.25) is 86.9 Å². The quantitative estimate of drug-likeness (QED) is 0.183. The maximum Gasteiger partial charge on any atom is 0.257 e. The molecule has 0 atom stereocenters. The predicted octanol–water partition coefficient (Wildman–Crippen LogP) is 6.86. The molecule has 6 aliphatic heterocycles. The van der Waals surface area contributed by atoms with E-state index in [-0.39, 0.29) is 70.9 Å². The molecule has 18 heteroatoms. The first-order chi connectivity index (χ1) is 33.7. The molecule has 0 unspecified atom stereocenters. The highest BCUT2D eigenvalue weighted by Crippen LogP contribution is 2.24. The van der Waals surface area contributed by atoms with E-state index in [1.54, 1.807) is 76.2 Å². The third-order valence-corrected chi connectivity index (χ3v) is 12.0. The number of carbonyl (C=O) groups is 12. The summed E-state index contributed by atoms with van der Waals surface area (Å²) in [5.41, 5.74) is 5.92. The lowest BCUT2D eigenvalue weighted by molar-refractivity contribution is -0.139. The van der Waals surface area contributed by atoms with Gasteiger partial charge >= 0.3 is 0 Å². The number of amides is 12. The molecule has 0 bridgehead atoms. The summed E-state index contributed by atoms with van der Waals surface area (Å²) in [6.07, 6.45) is 7.74. The highest BCUT2D eigenvalue weighted by molar-refractivity contribution is 6.21. The van der Waals surface area contributed by atoms with Crippen LogP contribution in [-0.4, -0.2) is 140 Å². The monoisotopic (exact) mass is 1000 g/mol. The Morgan fingerprint density at radius 1 is 0.306 bits per heavy atom. The minimum absolute atomic E-state index is 0.0909. The second kappa shape index (κ2) is 30.9. The molecule has 0 saturated carbocycles. The van der Waals surface area contributed by atoms with E-state index in [4.69, 9.17) is 0 Å². The van der Waals surface area contributed by atoms with Gasteiger partial charge in [0.15, 0.2) is 0 Å². The minimum Gasteiger partial charge on any atom is -0.275 e. The lowest BCUT2D eigenvalue weighted by Crippen LogP contribution is -2.32. The van der Waals surface area contributed by atoms with Crippen molar-refractivity contribution in [2.24, 2.45) is 0 Å². The van der Waals surface area contributed by atoms with Crippen molar-refractivity contribution in [3.05, 3.63) is 67.9 Å². The van der Waals surface area contributed by atoms with E-state index in [0.717, 1.165) is 32.1 Å². The van der Waals surface area contributed by atoms with Crippen LogP contribution in [0.2, 0.25) is 0 Å². The summed E-state index contributed by atoms with van der Waals surface area (Å²) in [5.74, 6) is -1.63. The Balaban J connectivity index is 0.000000836. The van der Waals surface area contributed by atoms with Crippen LogP contribution in [0.15, 0.2) is 67.9 Å². The van der Waals surface area contributed by atoms with Gasteiger partial charge in [-0.1, -0.05) is 54.9 Å². The van der Waals surface area contributed by atoms with Crippen molar-refractivity contribution in [1.29, 1.82) is 0 Å². The molecule has 398 valence electrons. The second-order valence-corrected chi connectivity index (χ2v) is 17.0. The number of likely N-dealkylation sites (N-methyl/N-ethyl adjacent to an activating group) is 2. The largest absolute Gasteiger partial charge is 0.275 e. The van der Waals surface area contributed by atoms with Gasteiger partial charge in [-0.25, -0.2) is 0 Å². The molecule has 0 aromatic heterocycles. The van der Waals surface area contributed by atoms with Gasteiger partial charge in [0, 0.05) is 107 Å². The Hall–Kier alpha value is -6.72. The Kier molecular flexibility index (Phi) is 28.0.